The molecule has 14 nitrogen and oxygen atoms in total. The van der Waals surface area contributed by atoms with E-state index in [4.69, 9.17) is 37.7 Å². The van der Waals surface area contributed by atoms with E-state index in [1.807, 2.05) is 27.7 Å². The molecule has 1 aromatic rings. The van der Waals surface area contributed by atoms with E-state index in [0.717, 1.165) is 5.56 Å². The summed E-state index contributed by atoms with van der Waals surface area (Å²) in [6.07, 6.45) is -0.938. The lowest BCUT2D eigenvalue weighted by atomic mass is 10.2. The Morgan fingerprint density at radius 2 is 1.05 bits per heavy atom. The summed E-state index contributed by atoms with van der Waals surface area (Å²) in [6.45, 7) is 16.0. The highest BCUT2D eigenvalue weighted by atomic mass is 32.2. The third-order valence-corrected chi connectivity index (χ3v) is 5.91. The molecule has 1 aromatic carbocycles. The molecule has 0 aromatic heterocycles. The highest BCUT2D eigenvalue weighted by Crippen LogP contribution is 2.13. The predicted octanol–water partition coefficient (Wildman–Crippen LogP) is 2.79. The number of aryl methyl sites for hydroxylation is 1. The fraction of sp³-hybridized carbons (Fsp3) is 0.724. The minimum Gasteiger partial charge on any atom is -0.444 e. The van der Waals surface area contributed by atoms with Crippen LogP contribution in [0.1, 0.15) is 47.1 Å². The molecule has 0 unspecified atom stereocenters. The Balaban J connectivity index is 0.000000938. The lowest BCUT2D eigenvalue weighted by Crippen LogP contribution is -2.34. The van der Waals surface area contributed by atoms with Crippen LogP contribution in [-0.4, -0.2) is 116 Å². The highest BCUT2D eigenvalue weighted by Gasteiger charge is 2.16. The van der Waals surface area contributed by atoms with Crippen LogP contribution in [0.25, 0.3) is 0 Å². The van der Waals surface area contributed by atoms with E-state index < -0.39 is 33.5 Å². The van der Waals surface area contributed by atoms with Crippen molar-refractivity contribution in [3.8, 4) is 0 Å². The molecule has 1 rings (SSSR count). The van der Waals surface area contributed by atoms with E-state index in [2.05, 4.69) is 10.6 Å². The number of rotatable bonds is 19. The summed E-state index contributed by atoms with van der Waals surface area (Å²) in [5.74, 6) is 0. The van der Waals surface area contributed by atoms with E-state index >= 15 is 0 Å². The fourth-order valence-electron chi connectivity index (χ4n) is 2.76. The Morgan fingerprint density at radius 1 is 0.659 bits per heavy atom. The van der Waals surface area contributed by atoms with Gasteiger partial charge in [-0.25, -0.2) is 9.59 Å². The first kappa shape index (κ1) is 41.5. The molecule has 15 heteroatoms. The molecule has 256 valence electrons. The quantitative estimate of drug-likeness (QED) is 0.147. The number of alkyl carbamates (subject to hydrolysis) is 2. The summed E-state index contributed by atoms with van der Waals surface area (Å²) in [6, 6.07) is 6.43. The number of carbonyl (C=O) groups is 2. The molecule has 0 radical (unpaired) electrons. The summed E-state index contributed by atoms with van der Waals surface area (Å²) in [5, 5.41) is 13.6. The smallest absolute Gasteiger partial charge is 0.407 e. The molecule has 0 saturated heterocycles. The van der Waals surface area contributed by atoms with Crippen molar-refractivity contribution in [2.75, 3.05) is 79.2 Å². The first-order valence-corrected chi connectivity index (χ1v) is 15.8. The minimum atomic E-state index is -3.77. The van der Waals surface area contributed by atoms with Gasteiger partial charge >= 0.3 is 12.2 Å². The molecular formula is C29H52N2O12S. The van der Waals surface area contributed by atoms with Crippen LogP contribution in [0.15, 0.2) is 29.2 Å². The molecule has 2 amide bonds. The van der Waals surface area contributed by atoms with Gasteiger partial charge in [-0.2, -0.15) is 8.42 Å². The van der Waals surface area contributed by atoms with Gasteiger partial charge in [0.1, 0.15) is 11.2 Å². The molecule has 0 saturated carbocycles. The summed E-state index contributed by atoms with van der Waals surface area (Å²) < 4.78 is 59.6. The molecule has 0 spiro atoms. The number of benzene rings is 1. The zero-order valence-corrected chi connectivity index (χ0v) is 28.0. The number of carbonyl (C=O) groups excluding carboxylic acids is 2. The van der Waals surface area contributed by atoms with Gasteiger partial charge in [0, 0.05) is 13.1 Å². The molecule has 0 atom stereocenters. The molecule has 0 aliphatic rings. The van der Waals surface area contributed by atoms with Crippen LogP contribution in [0.2, 0.25) is 0 Å². The van der Waals surface area contributed by atoms with Crippen molar-refractivity contribution < 1.29 is 55.7 Å². The molecule has 0 aliphatic heterocycles. The molecule has 0 aliphatic carbocycles. The van der Waals surface area contributed by atoms with Crippen LogP contribution in [-0.2, 0) is 42.7 Å². The second-order valence-corrected chi connectivity index (χ2v) is 12.7. The van der Waals surface area contributed by atoms with E-state index in [-0.39, 0.29) is 24.7 Å². The van der Waals surface area contributed by atoms with Crippen LogP contribution in [0.5, 0.6) is 0 Å². The lowest BCUT2D eigenvalue weighted by molar-refractivity contribution is 0.0302. The number of nitrogens with one attached hydrogen (secondary N) is 2. The largest absolute Gasteiger partial charge is 0.444 e. The van der Waals surface area contributed by atoms with Crippen molar-refractivity contribution in [2.24, 2.45) is 0 Å². The fourth-order valence-corrected chi connectivity index (χ4v) is 3.66. The van der Waals surface area contributed by atoms with Crippen molar-refractivity contribution in [3.63, 3.8) is 0 Å². The molecule has 0 fully saturated rings. The number of aliphatic hydroxyl groups excluding tert-OH is 1. The Morgan fingerprint density at radius 3 is 1.45 bits per heavy atom. The molecule has 0 heterocycles. The number of hydrogen-bond donors (Lipinski definition) is 3. The van der Waals surface area contributed by atoms with Gasteiger partial charge in [-0.3, -0.25) is 4.18 Å². The van der Waals surface area contributed by atoms with Crippen molar-refractivity contribution >= 4 is 22.3 Å². The zero-order chi connectivity index (χ0) is 33.5. The lowest BCUT2D eigenvalue weighted by Gasteiger charge is -2.19. The van der Waals surface area contributed by atoms with Crippen molar-refractivity contribution in [3.05, 3.63) is 29.8 Å². The number of ether oxygens (including phenoxy) is 6. The highest BCUT2D eigenvalue weighted by molar-refractivity contribution is 7.86. The zero-order valence-electron chi connectivity index (χ0n) is 27.1. The second-order valence-electron chi connectivity index (χ2n) is 11.1. The van der Waals surface area contributed by atoms with Gasteiger partial charge in [0.2, 0.25) is 0 Å². The van der Waals surface area contributed by atoms with Crippen LogP contribution >= 0.6 is 0 Å². The topological polar surface area (TPSA) is 177 Å². The van der Waals surface area contributed by atoms with E-state index in [1.165, 1.54) is 12.1 Å². The van der Waals surface area contributed by atoms with Gasteiger partial charge in [0.25, 0.3) is 10.1 Å². The first-order chi connectivity index (χ1) is 20.6. The monoisotopic (exact) mass is 652 g/mol. The molecule has 3 N–H and O–H groups in total. The minimum absolute atomic E-state index is 0.0141. The van der Waals surface area contributed by atoms with E-state index in [1.54, 1.807) is 32.9 Å². The summed E-state index contributed by atoms with van der Waals surface area (Å²) >= 11 is 0. The van der Waals surface area contributed by atoms with E-state index in [0.29, 0.717) is 59.3 Å². The van der Waals surface area contributed by atoms with Gasteiger partial charge in [-0.15, -0.1) is 0 Å². The maximum Gasteiger partial charge on any atom is 0.407 e. The van der Waals surface area contributed by atoms with Gasteiger partial charge in [0.05, 0.1) is 71.0 Å². The predicted molar refractivity (Wildman–Crippen MR) is 163 cm³/mol. The Labute approximate surface area is 262 Å². The van der Waals surface area contributed by atoms with Gasteiger partial charge in [0.15, 0.2) is 0 Å². The number of amides is 2. The summed E-state index contributed by atoms with van der Waals surface area (Å²) in [5.41, 5.74) is -0.0461. The van der Waals surface area contributed by atoms with Crippen molar-refractivity contribution in [1.29, 1.82) is 0 Å². The molecule has 44 heavy (non-hydrogen) atoms. The summed E-state index contributed by atoms with van der Waals surface area (Å²) in [7, 11) is -3.77. The average molecular weight is 653 g/mol. The SMILES string of the molecule is CC(C)(C)OC(=O)NCCOCCOCCO.Cc1ccc(S(=O)(=O)OCCOCCOCCNC(=O)OC(C)(C)C)cc1. The Bertz CT molecular complexity index is 1010. The third kappa shape index (κ3) is 25.9. The van der Waals surface area contributed by atoms with Crippen molar-refractivity contribution in [2.45, 2.75) is 64.6 Å². The number of hydrogen-bond acceptors (Lipinski definition) is 12. The second kappa shape index (κ2) is 22.9. The van der Waals surface area contributed by atoms with E-state index in [9.17, 15) is 18.0 Å². The molecular weight excluding hydrogens is 600 g/mol. The van der Waals surface area contributed by atoms with Gasteiger partial charge < -0.3 is 44.2 Å². The average Bonchev–Trinajstić information content (AvgIpc) is 2.90. The first-order valence-electron chi connectivity index (χ1n) is 14.4. The standard InChI is InChI=1S/C18H29NO7S.C11H23NO5/c1-15-5-7-16(8-6-15)27(21,22)25-14-13-24-12-11-23-10-9-19-17(20)26-18(2,3)4;1-11(2,3)17-10(14)12-4-6-15-8-9-16-7-5-13/h5-8H,9-14H2,1-4H3,(H,19,20);13H,4-9H2,1-3H3,(H,12,14). The Kier molecular flexibility index (Phi) is 21.6. The maximum atomic E-state index is 11.9. The normalized spacial score (nSPS) is 11.7. The third-order valence-electron chi connectivity index (χ3n) is 4.58. The van der Waals surface area contributed by atoms with Gasteiger partial charge in [-0.05, 0) is 60.6 Å². The van der Waals surface area contributed by atoms with Crippen LogP contribution in [0.3, 0.4) is 0 Å². The summed E-state index contributed by atoms with van der Waals surface area (Å²) in [4.78, 5) is 22.7. The number of aliphatic hydroxyl groups is 1. The van der Waals surface area contributed by atoms with Gasteiger partial charge in [-0.1, -0.05) is 17.7 Å². The Hall–Kier alpha value is -2.53. The van der Waals surface area contributed by atoms with Crippen molar-refractivity contribution in [1.82, 2.24) is 10.6 Å². The van der Waals surface area contributed by atoms with Crippen LogP contribution < -0.4 is 10.6 Å². The van der Waals surface area contributed by atoms with Crippen LogP contribution in [0, 0.1) is 6.92 Å². The van der Waals surface area contributed by atoms with Crippen LogP contribution in [0.4, 0.5) is 9.59 Å². The maximum absolute atomic E-state index is 11.9. The molecule has 0 bridgehead atoms.